The van der Waals surface area contributed by atoms with Crippen LogP contribution in [0, 0.1) is 23.2 Å². The first-order valence-corrected chi connectivity index (χ1v) is 5.28. The summed E-state index contributed by atoms with van der Waals surface area (Å²) in [6, 6.07) is 0. The van der Waals surface area contributed by atoms with E-state index in [1.54, 1.807) is 0 Å². The van der Waals surface area contributed by atoms with Gasteiger partial charge in [0.05, 0.1) is 0 Å². The molecule has 1 fully saturated rings. The molecule has 0 aromatic heterocycles. The normalized spacial score (nSPS) is 37.4. The van der Waals surface area contributed by atoms with Gasteiger partial charge in [0, 0.05) is 5.92 Å². The Morgan fingerprint density at radius 2 is 2.08 bits per heavy atom. The first-order chi connectivity index (χ1) is 6.13. The van der Waals surface area contributed by atoms with Gasteiger partial charge in [-0.1, -0.05) is 26.0 Å². The molecule has 0 N–H and O–H groups in total. The first-order valence-electron chi connectivity index (χ1n) is 5.28. The zero-order valence-corrected chi connectivity index (χ0v) is 8.49. The summed E-state index contributed by atoms with van der Waals surface area (Å²) in [5.41, 5.74) is 0.320. The quantitative estimate of drug-likeness (QED) is 0.469. The lowest BCUT2D eigenvalue weighted by Gasteiger charge is -2.36. The minimum absolute atomic E-state index is 0.193. The van der Waals surface area contributed by atoms with E-state index < -0.39 is 0 Å². The van der Waals surface area contributed by atoms with Gasteiger partial charge in [-0.3, -0.25) is 0 Å². The molecule has 2 aliphatic carbocycles. The summed E-state index contributed by atoms with van der Waals surface area (Å²) in [6.07, 6.45) is 9.28. The summed E-state index contributed by atoms with van der Waals surface area (Å²) in [5, 5.41) is 0. The average molecular weight is 178 g/mol. The van der Waals surface area contributed by atoms with Crippen molar-refractivity contribution in [3.63, 3.8) is 0 Å². The van der Waals surface area contributed by atoms with Gasteiger partial charge in [0.25, 0.3) is 0 Å². The number of carbonyl (C=O) groups excluding carboxylic acids is 1. The van der Waals surface area contributed by atoms with Crippen LogP contribution in [0.15, 0.2) is 12.2 Å². The van der Waals surface area contributed by atoms with E-state index in [2.05, 4.69) is 26.0 Å². The van der Waals surface area contributed by atoms with Crippen molar-refractivity contribution in [2.24, 2.45) is 23.2 Å². The summed E-state index contributed by atoms with van der Waals surface area (Å²) < 4.78 is 0. The van der Waals surface area contributed by atoms with Crippen molar-refractivity contribution in [2.75, 3.05) is 0 Å². The highest BCUT2D eigenvalue weighted by Crippen LogP contribution is 2.51. The predicted octanol–water partition coefficient (Wildman–Crippen LogP) is 2.81. The van der Waals surface area contributed by atoms with E-state index >= 15 is 0 Å². The second-order valence-electron chi connectivity index (χ2n) is 5.16. The molecule has 0 aromatic carbocycles. The molecule has 13 heavy (non-hydrogen) atoms. The van der Waals surface area contributed by atoms with Crippen molar-refractivity contribution in [1.29, 1.82) is 0 Å². The molecule has 2 atom stereocenters. The van der Waals surface area contributed by atoms with Gasteiger partial charge in [-0.05, 0) is 36.5 Å². The van der Waals surface area contributed by atoms with Crippen LogP contribution in [0.1, 0.15) is 33.1 Å². The molecule has 0 bridgehead atoms. The van der Waals surface area contributed by atoms with Crippen LogP contribution in [0.2, 0.25) is 0 Å². The van der Waals surface area contributed by atoms with Crippen molar-refractivity contribution < 1.29 is 4.79 Å². The van der Waals surface area contributed by atoms with Gasteiger partial charge in [-0.15, -0.1) is 0 Å². The second kappa shape index (κ2) is 2.97. The Morgan fingerprint density at radius 3 is 2.62 bits per heavy atom. The molecule has 0 amide bonds. The van der Waals surface area contributed by atoms with Crippen LogP contribution >= 0.6 is 0 Å². The van der Waals surface area contributed by atoms with Gasteiger partial charge in [-0.2, -0.15) is 0 Å². The number of carbonyl (C=O) groups is 1. The fourth-order valence-corrected chi connectivity index (χ4v) is 2.57. The molecule has 0 heterocycles. The minimum Gasteiger partial charge on any atom is -0.303 e. The Balaban J connectivity index is 2.15. The Morgan fingerprint density at radius 1 is 1.38 bits per heavy atom. The third-order valence-corrected chi connectivity index (χ3v) is 3.62. The zero-order valence-electron chi connectivity index (χ0n) is 8.49. The highest BCUT2D eigenvalue weighted by atomic mass is 16.1. The van der Waals surface area contributed by atoms with Gasteiger partial charge in [0.2, 0.25) is 0 Å². The molecule has 1 heteroatoms. The lowest BCUT2D eigenvalue weighted by atomic mass is 9.68. The number of allylic oxidation sites excluding steroid dienone is 2. The van der Waals surface area contributed by atoms with Crippen molar-refractivity contribution in [3.05, 3.63) is 12.2 Å². The number of aldehydes is 1. The van der Waals surface area contributed by atoms with E-state index in [4.69, 9.17) is 0 Å². The van der Waals surface area contributed by atoms with E-state index in [1.807, 2.05) is 0 Å². The summed E-state index contributed by atoms with van der Waals surface area (Å²) >= 11 is 0. The van der Waals surface area contributed by atoms with Crippen molar-refractivity contribution >= 4 is 6.29 Å². The summed E-state index contributed by atoms with van der Waals surface area (Å²) in [6.45, 7) is 4.60. The van der Waals surface area contributed by atoms with Crippen LogP contribution in [0.25, 0.3) is 0 Å². The molecular formula is C12H18O. The molecule has 0 saturated heterocycles. The fourth-order valence-electron chi connectivity index (χ4n) is 2.57. The fraction of sp³-hybridized carbons (Fsp3) is 0.750. The maximum atomic E-state index is 10.7. The Bertz CT molecular complexity index is 236. The van der Waals surface area contributed by atoms with Gasteiger partial charge < -0.3 is 4.79 Å². The molecule has 2 rings (SSSR count). The lowest BCUT2D eigenvalue weighted by molar-refractivity contribution is -0.110. The highest BCUT2D eigenvalue weighted by Gasteiger charge is 2.42. The van der Waals surface area contributed by atoms with Gasteiger partial charge >= 0.3 is 0 Å². The SMILES string of the molecule is CC1(C)C=CC(C=O)CC1C1CC1. The molecule has 1 nitrogen and oxygen atoms in total. The second-order valence-corrected chi connectivity index (χ2v) is 5.16. The molecule has 1 saturated carbocycles. The minimum atomic E-state index is 0.193. The van der Waals surface area contributed by atoms with Crippen LogP contribution in [-0.4, -0.2) is 6.29 Å². The summed E-state index contributed by atoms with van der Waals surface area (Å²) in [4.78, 5) is 10.7. The summed E-state index contributed by atoms with van der Waals surface area (Å²) in [7, 11) is 0. The third kappa shape index (κ3) is 1.70. The Labute approximate surface area is 80.2 Å². The third-order valence-electron chi connectivity index (χ3n) is 3.62. The Hall–Kier alpha value is -0.590. The molecule has 0 spiro atoms. The van der Waals surface area contributed by atoms with Gasteiger partial charge in [-0.25, -0.2) is 0 Å². The van der Waals surface area contributed by atoms with Crippen LogP contribution in [-0.2, 0) is 4.79 Å². The van der Waals surface area contributed by atoms with Crippen LogP contribution in [0.5, 0.6) is 0 Å². The molecule has 2 unspecified atom stereocenters. The van der Waals surface area contributed by atoms with E-state index in [1.165, 1.54) is 12.8 Å². The molecule has 0 radical (unpaired) electrons. The maximum absolute atomic E-state index is 10.7. The number of hydrogen-bond donors (Lipinski definition) is 0. The smallest absolute Gasteiger partial charge is 0.126 e. The molecular weight excluding hydrogens is 160 g/mol. The van der Waals surface area contributed by atoms with Crippen LogP contribution < -0.4 is 0 Å². The molecule has 72 valence electrons. The van der Waals surface area contributed by atoms with Crippen molar-refractivity contribution in [3.8, 4) is 0 Å². The van der Waals surface area contributed by atoms with Gasteiger partial charge in [0.15, 0.2) is 0 Å². The number of rotatable bonds is 2. The molecule has 2 aliphatic rings. The highest BCUT2D eigenvalue weighted by molar-refractivity contribution is 5.57. The van der Waals surface area contributed by atoms with Crippen molar-refractivity contribution in [1.82, 2.24) is 0 Å². The van der Waals surface area contributed by atoms with Crippen molar-refractivity contribution in [2.45, 2.75) is 33.1 Å². The van der Waals surface area contributed by atoms with Crippen LogP contribution in [0.4, 0.5) is 0 Å². The monoisotopic (exact) mass is 178 g/mol. The zero-order chi connectivity index (χ0) is 9.47. The molecule has 0 aliphatic heterocycles. The Kier molecular flexibility index (Phi) is 2.05. The van der Waals surface area contributed by atoms with Gasteiger partial charge in [0.1, 0.15) is 6.29 Å². The standard InChI is InChI=1S/C12H18O/c1-12(2)6-5-9(8-13)7-11(12)10-3-4-10/h5-6,8-11H,3-4,7H2,1-2H3. The molecule has 0 aromatic rings. The van der Waals surface area contributed by atoms with Crippen LogP contribution in [0.3, 0.4) is 0 Å². The number of hydrogen-bond acceptors (Lipinski definition) is 1. The lowest BCUT2D eigenvalue weighted by Crippen LogP contribution is -2.29. The average Bonchev–Trinajstić information content (AvgIpc) is 2.87. The summed E-state index contributed by atoms with van der Waals surface area (Å²) in [5.74, 6) is 1.84. The van der Waals surface area contributed by atoms with E-state index in [-0.39, 0.29) is 5.92 Å². The predicted molar refractivity (Wildman–Crippen MR) is 53.3 cm³/mol. The van der Waals surface area contributed by atoms with E-state index in [0.717, 1.165) is 24.5 Å². The maximum Gasteiger partial charge on any atom is 0.126 e. The topological polar surface area (TPSA) is 17.1 Å². The first kappa shape index (κ1) is 8.98. The van der Waals surface area contributed by atoms with E-state index in [0.29, 0.717) is 5.41 Å². The largest absolute Gasteiger partial charge is 0.303 e. The van der Waals surface area contributed by atoms with E-state index in [9.17, 15) is 4.79 Å².